The van der Waals surface area contributed by atoms with E-state index in [1.807, 2.05) is 13.0 Å². The highest BCUT2D eigenvalue weighted by Gasteiger charge is 2.27. The molecule has 150 valence electrons. The average Bonchev–Trinajstić information content (AvgIpc) is 2.66. The number of carbonyl (C=O) groups is 1. The molecule has 0 aromatic heterocycles. The zero-order chi connectivity index (χ0) is 19.3. The van der Waals surface area contributed by atoms with Crippen LogP contribution in [0.15, 0.2) is 18.2 Å². The van der Waals surface area contributed by atoms with Crippen LogP contribution in [0.25, 0.3) is 0 Å². The molecule has 1 aromatic rings. The van der Waals surface area contributed by atoms with Gasteiger partial charge in [0, 0.05) is 31.7 Å². The molecule has 2 heterocycles. The molecule has 0 spiro atoms. The van der Waals surface area contributed by atoms with Crippen molar-refractivity contribution in [1.82, 2.24) is 10.2 Å². The summed E-state index contributed by atoms with van der Waals surface area (Å²) in [4.78, 5) is 14.8. The normalized spacial score (nSPS) is 20.4. The number of nitrogens with one attached hydrogen (secondary N) is 1. The van der Waals surface area contributed by atoms with Crippen molar-refractivity contribution in [1.29, 1.82) is 0 Å². The van der Waals surface area contributed by atoms with Crippen molar-refractivity contribution in [3.8, 4) is 0 Å². The first-order valence-corrected chi connectivity index (χ1v) is 11.3. The summed E-state index contributed by atoms with van der Waals surface area (Å²) in [7, 11) is -3.29. The highest BCUT2D eigenvalue weighted by Crippen LogP contribution is 2.27. The van der Waals surface area contributed by atoms with Gasteiger partial charge < -0.3 is 10.1 Å². The van der Waals surface area contributed by atoms with E-state index in [1.54, 1.807) is 12.1 Å². The summed E-state index contributed by atoms with van der Waals surface area (Å²) in [6.45, 7) is 7.34. The first kappa shape index (κ1) is 20.1. The molecular weight excluding hydrogens is 366 g/mol. The molecule has 0 bridgehead atoms. The van der Waals surface area contributed by atoms with E-state index < -0.39 is 10.0 Å². The molecule has 8 heteroatoms. The molecule has 2 aliphatic heterocycles. The molecule has 7 nitrogen and oxygen atoms in total. The molecule has 27 heavy (non-hydrogen) atoms. The van der Waals surface area contributed by atoms with Crippen LogP contribution in [0.2, 0.25) is 0 Å². The molecule has 3 rings (SSSR count). The number of anilines is 1. The summed E-state index contributed by atoms with van der Waals surface area (Å²) < 4.78 is 31.6. The number of sulfonamides is 1. The fourth-order valence-corrected chi connectivity index (χ4v) is 5.20. The lowest BCUT2D eigenvalue weighted by Crippen LogP contribution is -2.38. The molecule has 2 aliphatic rings. The number of amides is 1. The molecule has 1 N–H and O–H groups in total. The predicted molar refractivity (Wildman–Crippen MR) is 106 cm³/mol. The standard InChI is InChI=1S/C19H29N3O4S/c1-16-5-6-17(15-18(16)22-9-2-3-14-27(22,24)25)19(23)20-7-4-8-21-10-12-26-13-11-21/h5-6,15H,2-4,7-14H2,1H3,(H,20,23). The monoisotopic (exact) mass is 395 g/mol. The molecule has 0 atom stereocenters. The van der Waals surface area contributed by atoms with E-state index in [4.69, 9.17) is 4.74 Å². The third kappa shape index (κ3) is 5.21. The molecule has 1 aromatic carbocycles. The summed E-state index contributed by atoms with van der Waals surface area (Å²) in [5, 5.41) is 2.94. The van der Waals surface area contributed by atoms with Crippen molar-refractivity contribution in [2.75, 3.05) is 56.0 Å². The Morgan fingerprint density at radius 1 is 1.19 bits per heavy atom. The van der Waals surface area contributed by atoms with Gasteiger partial charge in [-0.15, -0.1) is 0 Å². The Balaban J connectivity index is 1.58. The van der Waals surface area contributed by atoms with Crippen LogP contribution in [0.5, 0.6) is 0 Å². The number of carbonyl (C=O) groups excluding carboxylic acids is 1. The van der Waals surface area contributed by atoms with Gasteiger partial charge in [-0.1, -0.05) is 6.07 Å². The van der Waals surface area contributed by atoms with Gasteiger partial charge in [-0.05, 0) is 50.4 Å². The van der Waals surface area contributed by atoms with Crippen molar-refractivity contribution < 1.29 is 17.9 Å². The maximum Gasteiger partial charge on any atom is 0.251 e. The molecule has 0 radical (unpaired) electrons. The van der Waals surface area contributed by atoms with E-state index in [-0.39, 0.29) is 11.7 Å². The lowest BCUT2D eigenvalue weighted by molar-refractivity contribution is 0.0374. The molecule has 2 fully saturated rings. The minimum atomic E-state index is -3.29. The highest BCUT2D eigenvalue weighted by atomic mass is 32.2. The second-order valence-corrected chi connectivity index (χ2v) is 9.17. The summed E-state index contributed by atoms with van der Waals surface area (Å²) in [5.74, 6) is 0.0114. The summed E-state index contributed by atoms with van der Waals surface area (Å²) in [5.41, 5.74) is 1.99. The maximum absolute atomic E-state index is 12.5. The minimum Gasteiger partial charge on any atom is -0.379 e. The van der Waals surface area contributed by atoms with Crippen LogP contribution in [0.1, 0.15) is 35.2 Å². The van der Waals surface area contributed by atoms with Crippen molar-refractivity contribution in [3.63, 3.8) is 0 Å². The Kier molecular flexibility index (Phi) is 6.73. The third-order valence-electron chi connectivity index (χ3n) is 5.13. The van der Waals surface area contributed by atoms with Gasteiger partial charge in [0.2, 0.25) is 10.0 Å². The smallest absolute Gasteiger partial charge is 0.251 e. The molecule has 0 aliphatic carbocycles. The van der Waals surface area contributed by atoms with Crippen molar-refractivity contribution in [2.45, 2.75) is 26.2 Å². The Hall–Kier alpha value is -1.64. The van der Waals surface area contributed by atoms with Gasteiger partial charge in [0.1, 0.15) is 0 Å². The van der Waals surface area contributed by atoms with Crippen LogP contribution in [-0.4, -0.2) is 70.9 Å². The van der Waals surface area contributed by atoms with E-state index in [2.05, 4.69) is 10.2 Å². The zero-order valence-electron chi connectivity index (χ0n) is 15.9. The largest absolute Gasteiger partial charge is 0.379 e. The van der Waals surface area contributed by atoms with Gasteiger partial charge in [-0.3, -0.25) is 14.0 Å². The topological polar surface area (TPSA) is 79.0 Å². The van der Waals surface area contributed by atoms with Gasteiger partial charge in [-0.2, -0.15) is 0 Å². The van der Waals surface area contributed by atoms with Gasteiger partial charge in [0.25, 0.3) is 5.91 Å². The zero-order valence-corrected chi connectivity index (χ0v) is 16.8. The van der Waals surface area contributed by atoms with Gasteiger partial charge in [0.05, 0.1) is 24.7 Å². The van der Waals surface area contributed by atoms with E-state index in [0.717, 1.165) is 51.3 Å². The first-order chi connectivity index (χ1) is 13.0. The fraction of sp³-hybridized carbons (Fsp3) is 0.632. The number of benzene rings is 1. The number of hydrogen-bond donors (Lipinski definition) is 1. The SMILES string of the molecule is Cc1ccc(C(=O)NCCCN2CCOCC2)cc1N1CCCCS1(=O)=O. The van der Waals surface area contributed by atoms with E-state index >= 15 is 0 Å². The van der Waals surface area contributed by atoms with Crippen LogP contribution in [0.4, 0.5) is 5.69 Å². The van der Waals surface area contributed by atoms with Gasteiger partial charge in [0.15, 0.2) is 0 Å². The van der Waals surface area contributed by atoms with Crippen LogP contribution in [-0.2, 0) is 14.8 Å². The number of morpholine rings is 1. The number of rotatable bonds is 6. The quantitative estimate of drug-likeness (QED) is 0.736. The van der Waals surface area contributed by atoms with Gasteiger partial charge in [-0.25, -0.2) is 8.42 Å². The van der Waals surface area contributed by atoms with Crippen LogP contribution in [0, 0.1) is 6.92 Å². The molecule has 2 saturated heterocycles. The molecular formula is C19H29N3O4S. The maximum atomic E-state index is 12.5. The number of ether oxygens (including phenoxy) is 1. The van der Waals surface area contributed by atoms with Crippen LogP contribution >= 0.6 is 0 Å². The Labute approximate surface area is 161 Å². The first-order valence-electron chi connectivity index (χ1n) is 9.67. The summed E-state index contributed by atoms with van der Waals surface area (Å²) in [6, 6.07) is 5.28. The molecule has 0 saturated carbocycles. The number of aryl methyl sites for hydroxylation is 1. The summed E-state index contributed by atoms with van der Waals surface area (Å²) in [6.07, 6.45) is 2.42. The second-order valence-electron chi connectivity index (χ2n) is 7.16. The van der Waals surface area contributed by atoms with Crippen LogP contribution in [0.3, 0.4) is 0 Å². The Morgan fingerprint density at radius 2 is 1.96 bits per heavy atom. The summed E-state index contributed by atoms with van der Waals surface area (Å²) >= 11 is 0. The van der Waals surface area contributed by atoms with Gasteiger partial charge >= 0.3 is 0 Å². The predicted octanol–water partition coefficient (Wildman–Crippen LogP) is 1.38. The third-order valence-corrected chi connectivity index (χ3v) is 6.99. The highest BCUT2D eigenvalue weighted by molar-refractivity contribution is 7.92. The Morgan fingerprint density at radius 3 is 2.70 bits per heavy atom. The number of nitrogens with zero attached hydrogens (tertiary/aromatic N) is 2. The Bertz CT molecular complexity index is 760. The molecule has 0 unspecified atom stereocenters. The van der Waals surface area contributed by atoms with Crippen molar-refractivity contribution >= 4 is 21.6 Å². The second kappa shape index (κ2) is 9.03. The lowest BCUT2D eigenvalue weighted by Gasteiger charge is -2.29. The average molecular weight is 396 g/mol. The number of hydrogen-bond acceptors (Lipinski definition) is 5. The minimum absolute atomic E-state index is 0.160. The van der Waals surface area contributed by atoms with E-state index in [0.29, 0.717) is 30.8 Å². The van der Waals surface area contributed by atoms with Crippen LogP contribution < -0.4 is 9.62 Å². The lowest BCUT2D eigenvalue weighted by atomic mass is 10.1. The fourth-order valence-electron chi connectivity index (χ4n) is 3.51. The van der Waals surface area contributed by atoms with Crippen molar-refractivity contribution in [2.24, 2.45) is 0 Å². The van der Waals surface area contributed by atoms with E-state index in [1.165, 1.54) is 4.31 Å². The molecule has 1 amide bonds. The van der Waals surface area contributed by atoms with Crippen molar-refractivity contribution in [3.05, 3.63) is 29.3 Å². The van der Waals surface area contributed by atoms with E-state index in [9.17, 15) is 13.2 Å².